The summed E-state index contributed by atoms with van der Waals surface area (Å²) in [5.41, 5.74) is 9.07. The molecule has 0 spiro atoms. The average Bonchev–Trinajstić information content (AvgIpc) is 2.79. The third-order valence-electron chi connectivity index (χ3n) is 2.65. The molecule has 0 fully saturated rings. The van der Waals surface area contributed by atoms with Gasteiger partial charge in [-0.25, -0.2) is 4.98 Å². The van der Waals surface area contributed by atoms with Crippen molar-refractivity contribution in [3.05, 3.63) is 39.8 Å². The largest absolute Gasteiger partial charge is 0.399 e. The number of anilines is 1. The van der Waals surface area contributed by atoms with E-state index in [0.29, 0.717) is 5.92 Å². The summed E-state index contributed by atoms with van der Waals surface area (Å²) in [5, 5.41) is 3.37. The van der Waals surface area contributed by atoms with Crippen molar-refractivity contribution in [2.45, 2.75) is 37.3 Å². The minimum atomic E-state index is 0.517. The first-order valence-corrected chi connectivity index (χ1v) is 7.86. The van der Waals surface area contributed by atoms with Crippen molar-refractivity contribution < 1.29 is 0 Å². The molecule has 4 heteroatoms. The van der Waals surface area contributed by atoms with Gasteiger partial charge in [0.1, 0.15) is 0 Å². The summed E-state index contributed by atoms with van der Waals surface area (Å²) < 4.78 is 0. The number of aromatic nitrogens is 1. The lowest BCUT2D eigenvalue weighted by molar-refractivity contribution is 0.846. The summed E-state index contributed by atoms with van der Waals surface area (Å²) >= 11 is 3.55. The lowest BCUT2D eigenvalue weighted by atomic mass is 10.2. The predicted octanol–water partition coefficient (Wildman–Crippen LogP) is 4.45. The standard InChI is InChI=1S/C14H18N2S2/c1-9(2)14-16-12(8-18-14)7-17-13-6-11(15)5-4-10(13)3/h4-6,8-9H,7,15H2,1-3H3. The van der Waals surface area contributed by atoms with Crippen LogP contribution in [0.3, 0.4) is 0 Å². The quantitative estimate of drug-likeness (QED) is 0.663. The van der Waals surface area contributed by atoms with E-state index in [1.807, 2.05) is 12.1 Å². The number of benzene rings is 1. The first kappa shape index (κ1) is 13.4. The molecule has 1 heterocycles. The Morgan fingerprint density at radius 3 is 2.83 bits per heavy atom. The molecule has 0 saturated heterocycles. The first-order valence-electron chi connectivity index (χ1n) is 5.99. The molecule has 0 saturated carbocycles. The van der Waals surface area contributed by atoms with Gasteiger partial charge < -0.3 is 5.73 Å². The van der Waals surface area contributed by atoms with Crippen LogP contribution in [0.4, 0.5) is 5.69 Å². The van der Waals surface area contributed by atoms with Crippen LogP contribution < -0.4 is 5.73 Å². The van der Waals surface area contributed by atoms with Gasteiger partial charge in [0.2, 0.25) is 0 Å². The Morgan fingerprint density at radius 1 is 1.39 bits per heavy atom. The summed E-state index contributed by atoms with van der Waals surface area (Å²) in [5.74, 6) is 1.43. The molecule has 2 nitrogen and oxygen atoms in total. The van der Waals surface area contributed by atoms with Gasteiger partial charge in [-0.2, -0.15) is 0 Å². The fourth-order valence-electron chi connectivity index (χ4n) is 1.58. The van der Waals surface area contributed by atoms with Gasteiger partial charge in [0.05, 0.1) is 10.7 Å². The van der Waals surface area contributed by atoms with Gasteiger partial charge in [0.15, 0.2) is 0 Å². The van der Waals surface area contributed by atoms with Gasteiger partial charge >= 0.3 is 0 Å². The number of aryl methyl sites for hydroxylation is 1. The van der Waals surface area contributed by atoms with Crippen LogP contribution in [0, 0.1) is 6.92 Å². The Labute approximate surface area is 117 Å². The monoisotopic (exact) mass is 278 g/mol. The number of nitrogens with two attached hydrogens (primary N) is 1. The molecule has 0 aliphatic heterocycles. The molecule has 0 unspecified atom stereocenters. The molecule has 2 N–H and O–H groups in total. The highest BCUT2D eigenvalue weighted by Gasteiger charge is 2.07. The van der Waals surface area contributed by atoms with Crippen LogP contribution in [-0.4, -0.2) is 4.98 Å². The van der Waals surface area contributed by atoms with E-state index in [4.69, 9.17) is 5.73 Å². The van der Waals surface area contributed by atoms with Crippen LogP contribution in [0.1, 0.15) is 36.0 Å². The normalized spacial score (nSPS) is 11.1. The van der Waals surface area contributed by atoms with Crippen LogP contribution in [0.2, 0.25) is 0 Å². The molecule has 0 atom stereocenters. The van der Waals surface area contributed by atoms with Crippen LogP contribution in [-0.2, 0) is 5.75 Å². The zero-order valence-electron chi connectivity index (χ0n) is 10.9. The highest BCUT2D eigenvalue weighted by molar-refractivity contribution is 7.98. The van der Waals surface area contributed by atoms with Crippen molar-refractivity contribution in [2.75, 3.05) is 5.73 Å². The molecule has 2 aromatic rings. The summed E-state index contributed by atoms with van der Waals surface area (Å²) in [6.45, 7) is 6.47. The molecule has 0 aliphatic carbocycles. The van der Waals surface area contributed by atoms with Crippen molar-refractivity contribution in [1.82, 2.24) is 4.98 Å². The van der Waals surface area contributed by atoms with Crippen molar-refractivity contribution in [3.8, 4) is 0 Å². The number of hydrogen-bond donors (Lipinski definition) is 1. The van der Waals surface area contributed by atoms with Crippen molar-refractivity contribution in [2.24, 2.45) is 0 Å². The SMILES string of the molecule is Cc1ccc(N)cc1SCc1csc(C(C)C)n1. The molecular formula is C14H18N2S2. The molecular weight excluding hydrogens is 260 g/mol. The van der Waals surface area contributed by atoms with E-state index in [1.165, 1.54) is 15.5 Å². The van der Waals surface area contributed by atoms with E-state index in [1.54, 1.807) is 23.1 Å². The van der Waals surface area contributed by atoms with Crippen LogP contribution in [0.15, 0.2) is 28.5 Å². The maximum absolute atomic E-state index is 5.81. The predicted molar refractivity (Wildman–Crippen MR) is 81.4 cm³/mol. The number of nitrogens with zero attached hydrogens (tertiary/aromatic N) is 1. The molecule has 0 amide bonds. The van der Waals surface area contributed by atoms with Gasteiger partial charge in [-0.3, -0.25) is 0 Å². The van der Waals surface area contributed by atoms with Crippen molar-refractivity contribution in [1.29, 1.82) is 0 Å². The van der Waals surface area contributed by atoms with E-state index in [0.717, 1.165) is 17.1 Å². The zero-order chi connectivity index (χ0) is 13.1. The van der Waals surface area contributed by atoms with E-state index >= 15 is 0 Å². The fourth-order valence-corrected chi connectivity index (χ4v) is 3.48. The molecule has 2 rings (SSSR count). The third-order valence-corrected chi connectivity index (χ3v) is 5.04. The molecule has 18 heavy (non-hydrogen) atoms. The van der Waals surface area contributed by atoms with Gasteiger partial charge in [-0.15, -0.1) is 23.1 Å². The topological polar surface area (TPSA) is 38.9 Å². The minimum Gasteiger partial charge on any atom is -0.399 e. The summed E-state index contributed by atoms with van der Waals surface area (Å²) in [6.07, 6.45) is 0. The summed E-state index contributed by atoms with van der Waals surface area (Å²) in [4.78, 5) is 5.89. The summed E-state index contributed by atoms with van der Waals surface area (Å²) in [7, 11) is 0. The van der Waals surface area contributed by atoms with Gasteiger partial charge in [0.25, 0.3) is 0 Å². The molecule has 0 radical (unpaired) electrons. The Hall–Kier alpha value is -1.00. The van der Waals surface area contributed by atoms with Crippen molar-refractivity contribution in [3.63, 3.8) is 0 Å². The number of hydrogen-bond acceptors (Lipinski definition) is 4. The lowest BCUT2D eigenvalue weighted by Crippen LogP contribution is -1.89. The molecule has 1 aromatic carbocycles. The Bertz CT molecular complexity index is 532. The summed E-state index contributed by atoms with van der Waals surface area (Å²) in [6, 6.07) is 6.05. The second kappa shape index (κ2) is 5.76. The highest BCUT2D eigenvalue weighted by Crippen LogP contribution is 2.29. The van der Waals surface area contributed by atoms with Gasteiger partial charge in [-0.1, -0.05) is 19.9 Å². The van der Waals surface area contributed by atoms with Crippen LogP contribution >= 0.6 is 23.1 Å². The number of nitrogen functional groups attached to an aromatic ring is 1. The van der Waals surface area contributed by atoms with E-state index in [2.05, 4.69) is 37.2 Å². The molecule has 0 bridgehead atoms. The first-order chi connectivity index (χ1) is 8.56. The van der Waals surface area contributed by atoms with Crippen molar-refractivity contribution >= 4 is 28.8 Å². The third kappa shape index (κ3) is 3.27. The Kier molecular flexibility index (Phi) is 4.30. The van der Waals surface area contributed by atoms with Gasteiger partial charge in [0, 0.05) is 27.6 Å². The number of rotatable bonds is 4. The van der Waals surface area contributed by atoms with Gasteiger partial charge in [-0.05, 0) is 24.6 Å². The second-order valence-electron chi connectivity index (χ2n) is 4.65. The fraction of sp³-hybridized carbons (Fsp3) is 0.357. The van der Waals surface area contributed by atoms with E-state index < -0.39 is 0 Å². The smallest absolute Gasteiger partial charge is 0.0954 e. The maximum Gasteiger partial charge on any atom is 0.0954 e. The van der Waals surface area contributed by atoms with E-state index in [-0.39, 0.29) is 0 Å². The zero-order valence-corrected chi connectivity index (χ0v) is 12.6. The minimum absolute atomic E-state index is 0.517. The Morgan fingerprint density at radius 2 is 2.17 bits per heavy atom. The highest BCUT2D eigenvalue weighted by atomic mass is 32.2. The van der Waals surface area contributed by atoms with Crippen LogP contribution in [0.25, 0.3) is 0 Å². The molecule has 96 valence electrons. The Balaban J connectivity index is 2.04. The lowest BCUT2D eigenvalue weighted by Gasteiger charge is -2.05. The van der Waals surface area contributed by atoms with E-state index in [9.17, 15) is 0 Å². The maximum atomic E-state index is 5.81. The number of thiazole rings is 1. The molecule has 0 aliphatic rings. The second-order valence-corrected chi connectivity index (χ2v) is 6.55. The number of thioether (sulfide) groups is 1. The van der Waals surface area contributed by atoms with Crippen LogP contribution in [0.5, 0.6) is 0 Å². The average molecular weight is 278 g/mol. The molecule has 1 aromatic heterocycles.